The molecule has 0 bridgehead atoms. The lowest BCUT2D eigenvalue weighted by Gasteiger charge is -2.19. The summed E-state index contributed by atoms with van der Waals surface area (Å²) >= 11 is 0. The zero-order chi connectivity index (χ0) is 14.8. The van der Waals surface area contributed by atoms with Crippen LogP contribution in [0.4, 0.5) is 0 Å². The van der Waals surface area contributed by atoms with Gasteiger partial charge in [0.2, 0.25) is 5.76 Å². The van der Waals surface area contributed by atoms with Gasteiger partial charge in [-0.3, -0.25) is 4.79 Å². The minimum Gasteiger partial charge on any atom is -0.491 e. The summed E-state index contributed by atoms with van der Waals surface area (Å²) in [5.41, 5.74) is 0.950. The summed E-state index contributed by atoms with van der Waals surface area (Å²) in [6, 6.07) is 8.58. The molecule has 0 saturated carbocycles. The number of carboxylic acid groups (broad SMARTS) is 1. The Kier molecular flexibility index (Phi) is 3.35. The van der Waals surface area contributed by atoms with Gasteiger partial charge in [0, 0.05) is 5.56 Å². The first kappa shape index (κ1) is 13.2. The second kappa shape index (κ2) is 5.32. The van der Waals surface area contributed by atoms with E-state index >= 15 is 0 Å². The number of nitrogens with zero attached hydrogens (tertiary/aromatic N) is 1. The highest BCUT2D eigenvalue weighted by Gasteiger charge is 2.25. The highest BCUT2D eigenvalue weighted by molar-refractivity contribution is 5.97. The second-order valence-corrected chi connectivity index (χ2v) is 4.65. The van der Waals surface area contributed by atoms with Crippen LogP contribution in [0, 0.1) is 0 Å². The Balaban J connectivity index is 1.88. The fourth-order valence-corrected chi connectivity index (χ4v) is 2.31. The fraction of sp³-hybridized carbons (Fsp3) is 0.200. The van der Waals surface area contributed by atoms with Crippen molar-refractivity contribution in [2.45, 2.75) is 6.54 Å². The van der Waals surface area contributed by atoms with Crippen LogP contribution in [0.15, 0.2) is 41.0 Å². The van der Waals surface area contributed by atoms with E-state index in [0.717, 1.165) is 0 Å². The summed E-state index contributed by atoms with van der Waals surface area (Å²) in [6.07, 6.45) is 1.31. The van der Waals surface area contributed by atoms with Crippen molar-refractivity contribution in [2.24, 2.45) is 0 Å². The Morgan fingerprint density at radius 2 is 2.10 bits per heavy atom. The number of carboxylic acids is 1. The Hall–Kier alpha value is -2.76. The van der Waals surface area contributed by atoms with Crippen molar-refractivity contribution in [3.8, 4) is 5.75 Å². The van der Waals surface area contributed by atoms with Crippen LogP contribution >= 0.6 is 0 Å². The standard InChI is InChI=1S/C15H13NO5/c17-14-11-3-1-2-4-12(11)20-8-6-16(14)9-10-5-7-21-13(10)15(18)19/h1-5,7H,6,8-9H2,(H,18,19). The van der Waals surface area contributed by atoms with Crippen molar-refractivity contribution in [3.05, 3.63) is 53.5 Å². The molecule has 21 heavy (non-hydrogen) atoms. The van der Waals surface area contributed by atoms with Crippen molar-refractivity contribution >= 4 is 11.9 Å². The molecular formula is C15H13NO5. The molecule has 0 unspecified atom stereocenters. The van der Waals surface area contributed by atoms with Gasteiger partial charge in [-0.2, -0.15) is 0 Å². The number of para-hydroxylation sites is 1. The van der Waals surface area contributed by atoms with Gasteiger partial charge >= 0.3 is 5.97 Å². The van der Waals surface area contributed by atoms with Gasteiger partial charge < -0.3 is 19.2 Å². The Morgan fingerprint density at radius 3 is 2.90 bits per heavy atom. The molecule has 6 nitrogen and oxygen atoms in total. The SMILES string of the molecule is O=C(O)c1occc1CN1CCOc2ccccc2C1=O. The maximum absolute atomic E-state index is 12.5. The zero-order valence-corrected chi connectivity index (χ0v) is 11.1. The van der Waals surface area contributed by atoms with Crippen molar-refractivity contribution in [1.82, 2.24) is 4.90 Å². The average Bonchev–Trinajstić information content (AvgIpc) is 2.88. The molecule has 3 rings (SSSR count). The van der Waals surface area contributed by atoms with E-state index in [1.807, 2.05) is 0 Å². The molecular weight excluding hydrogens is 274 g/mol. The number of rotatable bonds is 3. The van der Waals surface area contributed by atoms with Crippen molar-refractivity contribution in [2.75, 3.05) is 13.2 Å². The molecule has 0 aliphatic carbocycles. The minimum atomic E-state index is -1.14. The second-order valence-electron chi connectivity index (χ2n) is 4.65. The van der Waals surface area contributed by atoms with E-state index < -0.39 is 5.97 Å². The van der Waals surface area contributed by atoms with Gasteiger partial charge in [0.1, 0.15) is 12.4 Å². The quantitative estimate of drug-likeness (QED) is 0.934. The topological polar surface area (TPSA) is 80.0 Å². The minimum absolute atomic E-state index is 0.138. The van der Waals surface area contributed by atoms with Gasteiger partial charge in [-0.05, 0) is 18.2 Å². The number of benzene rings is 1. The molecule has 1 amide bonds. The molecule has 2 heterocycles. The molecule has 0 fully saturated rings. The van der Waals surface area contributed by atoms with Crippen LogP contribution in [-0.2, 0) is 6.54 Å². The molecule has 0 radical (unpaired) electrons. The number of ether oxygens (including phenoxy) is 1. The van der Waals surface area contributed by atoms with Crippen LogP contribution < -0.4 is 4.74 Å². The van der Waals surface area contributed by atoms with Crippen LogP contribution in [-0.4, -0.2) is 35.0 Å². The first-order valence-corrected chi connectivity index (χ1v) is 6.47. The van der Waals surface area contributed by atoms with E-state index in [1.54, 1.807) is 35.2 Å². The third-order valence-corrected chi connectivity index (χ3v) is 3.33. The smallest absolute Gasteiger partial charge is 0.372 e. The lowest BCUT2D eigenvalue weighted by atomic mass is 10.1. The molecule has 1 aliphatic rings. The lowest BCUT2D eigenvalue weighted by molar-refractivity contribution is 0.0650. The van der Waals surface area contributed by atoms with E-state index in [0.29, 0.717) is 30.0 Å². The Labute approximate surface area is 120 Å². The van der Waals surface area contributed by atoms with Crippen molar-refractivity contribution in [3.63, 3.8) is 0 Å². The molecule has 1 N–H and O–H groups in total. The number of carbonyl (C=O) groups excluding carboxylic acids is 1. The van der Waals surface area contributed by atoms with Crippen LogP contribution in [0.5, 0.6) is 5.75 Å². The van der Waals surface area contributed by atoms with Crippen LogP contribution in [0.25, 0.3) is 0 Å². The normalized spacial score (nSPS) is 14.3. The number of carbonyl (C=O) groups is 2. The first-order valence-electron chi connectivity index (χ1n) is 6.47. The molecule has 2 aromatic rings. The van der Waals surface area contributed by atoms with Gasteiger partial charge in [0.05, 0.1) is 24.9 Å². The van der Waals surface area contributed by atoms with Crippen molar-refractivity contribution in [1.29, 1.82) is 0 Å². The predicted molar refractivity (Wildman–Crippen MR) is 72.3 cm³/mol. The van der Waals surface area contributed by atoms with Gasteiger partial charge in [-0.25, -0.2) is 4.79 Å². The molecule has 1 aromatic heterocycles. The number of fused-ring (bicyclic) bond motifs is 1. The van der Waals surface area contributed by atoms with E-state index in [1.165, 1.54) is 6.26 Å². The molecule has 0 atom stereocenters. The Morgan fingerprint density at radius 1 is 1.29 bits per heavy atom. The van der Waals surface area contributed by atoms with Crippen LogP contribution in [0.2, 0.25) is 0 Å². The summed E-state index contributed by atoms with van der Waals surface area (Å²) < 4.78 is 10.5. The highest BCUT2D eigenvalue weighted by atomic mass is 16.5. The Bertz CT molecular complexity index is 691. The maximum atomic E-state index is 12.5. The average molecular weight is 287 g/mol. The first-order chi connectivity index (χ1) is 10.2. The molecule has 1 aliphatic heterocycles. The van der Waals surface area contributed by atoms with Crippen LogP contribution in [0.1, 0.15) is 26.5 Å². The third kappa shape index (κ3) is 2.47. The summed E-state index contributed by atoms with van der Waals surface area (Å²) in [4.78, 5) is 25.1. The molecule has 1 aromatic carbocycles. The van der Waals surface area contributed by atoms with Crippen molar-refractivity contribution < 1.29 is 23.8 Å². The van der Waals surface area contributed by atoms with Crippen LogP contribution in [0.3, 0.4) is 0 Å². The number of hydrogen-bond acceptors (Lipinski definition) is 4. The summed E-state index contributed by atoms with van der Waals surface area (Å²) in [6.45, 7) is 0.926. The maximum Gasteiger partial charge on any atom is 0.372 e. The van der Waals surface area contributed by atoms with Gasteiger partial charge in [-0.15, -0.1) is 0 Å². The molecule has 6 heteroatoms. The number of hydrogen-bond donors (Lipinski definition) is 1. The van der Waals surface area contributed by atoms with E-state index in [2.05, 4.69) is 0 Å². The number of aromatic carboxylic acids is 1. The molecule has 0 spiro atoms. The zero-order valence-electron chi connectivity index (χ0n) is 11.1. The summed E-state index contributed by atoms with van der Waals surface area (Å²) in [5, 5.41) is 9.04. The van der Waals surface area contributed by atoms with Gasteiger partial charge in [-0.1, -0.05) is 12.1 Å². The van der Waals surface area contributed by atoms with E-state index in [4.69, 9.17) is 14.3 Å². The molecule has 0 saturated heterocycles. The van der Waals surface area contributed by atoms with Gasteiger partial charge in [0.15, 0.2) is 0 Å². The largest absolute Gasteiger partial charge is 0.491 e. The fourth-order valence-electron chi connectivity index (χ4n) is 2.31. The molecule has 108 valence electrons. The number of furan rings is 1. The van der Waals surface area contributed by atoms with E-state index in [-0.39, 0.29) is 18.2 Å². The number of amides is 1. The van der Waals surface area contributed by atoms with E-state index in [9.17, 15) is 9.59 Å². The summed E-state index contributed by atoms with van der Waals surface area (Å²) in [5.74, 6) is -0.911. The van der Waals surface area contributed by atoms with Gasteiger partial charge in [0.25, 0.3) is 5.91 Å². The highest BCUT2D eigenvalue weighted by Crippen LogP contribution is 2.24. The summed E-state index contributed by atoms with van der Waals surface area (Å²) in [7, 11) is 0. The lowest BCUT2D eigenvalue weighted by Crippen LogP contribution is -2.32. The monoisotopic (exact) mass is 287 g/mol. The third-order valence-electron chi connectivity index (χ3n) is 3.33. The predicted octanol–water partition coefficient (Wildman–Crippen LogP) is 2.01.